The Hall–Kier alpha value is -1.91. The molecule has 5 heteroatoms. The summed E-state index contributed by atoms with van der Waals surface area (Å²) in [4.78, 5) is 3.80. The van der Waals surface area contributed by atoms with Gasteiger partial charge in [-0.1, -0.05) is 13.8 Å². The first kappa shape index (κ1) is 13.1. The van der Waals surface area contributed by atoms with Crippen molar-refractivity contribution in [3.8, 4) is 17.1 Å². The smallest absolute Gasteiger partial charge is 0.216 e. The second-order valence-electron chi connectivity index (χ2n) is 5.52. The van der Waals surface area contributed by atoms with Crippen LogP contribution in [0.2, 0.25) is 0 Å². The highest BCUT2D eigenvalue weighted by Gasteiger charge is 2.28. The van der Waals surface area contributed by atoms with Gasteiger partial charge in [-0.15, -0.1) is 0 Å². The zero-order valence-corrected chi connectivity index (χ0v) is 11.9. The molecule has 3 heterocycles. The lowest BCUT2D eigenvalue weighted by molar-refractivity contribution is 0.147. The van der Waals surface area contributed by atoms with Crippen LogP contribution >= 0.6 is 0 Å². The fourth-order valence-electron chi connectivity index (χ4n) is 2.58. The van der Waals surface area contributed by atoms with Gasteiger partial charge in [0.15, 0.2) is 5.82 Å². The monoisotopic (exact) mass is 275 g/mol. The Morgan fingerprint density at radius 3 is 2.95 bits per heavy atom. The number of hydrogen-bond acceptors (Lipinski definition) is 3. The van der Waals surface area contributed by atoms with Gasteiger partial charge in [0.1, 0.15) is 5.69 Å². The fraction of sp³-hybridized carbons (Fsp3) is 0.467. The molecule has 0 aliphatic carbocycles. The van der Waals surface area contributed by atoms with E-state index in [0.717, 1.165) is 24.4 Å². The molecule has 106 valence electrons. The van der Waals surface area contributed by atoms with E-state index in [0.29, 0.717) is 11.3 Å². The Labute approximate surface area is 117 Å². The lowest BCUT2D eigenvalue weighted by Gasteiger charge is -2.23. The lowest BCUT2D eigenvalue weighted by atomic mass is 9.99. The number of fused-ring (bicyclic) bond motifs is 1. The molecule has 0 aromatic carbocycles. The summed E-state index contributed by atoms with van der Waals surface area (Å²) in [6.07, 6.45) is 3.91. The first-order valence-electron chi connectivity index (χ1n) is 6.95. The first-order valence-corrected chi connectivity index (χ1v) is 6.95. The van der Waals surface area contributed by atoms with Gasteiger partial charge in [-0.25, -0.2) is 9.07 Å². The number of rotatable bonds is 2. The summed E-state index contributed by atoms with van der Waals surface area (Å²) in [5.41, 5.74) is 2.13. The second-order valence-corrected chi connectivity index (χ2v) is 5.52. The molecule has 2 aromatic heterocycles. The molecular weight excluding hydrogens is 257 g/mol. The van der Waals surface area contributed by atoms with Gasteiger partial charge in [-0.3, -0.25) is 4.98 Å². The zero-order chi connectivity index (χ0) is 14.3. The van der Waals surface area contributed by atoms with E-state index in [1.165, 1.54) is 6.20 Å². The largest absolute Gasteiger partial charge is 0.475 e. The van der Waals surface area contributed by atoms with Crippen molar-refractivity contribution in [1.82, 2.24) is 14.8 Å². The Kier molecular flexibility index (Phi) is 3.20. The lowest BCUT2D eigenvalue weighted by Crippen LogP contribution is -2.23. The Balaban J connectivity index is 2.19. The molecule has 0 radical (unpaired) electrons. The number of pyridine rings is 1. The summed E-state index contributed by atoms with van der Waals surface area (Å²) in [5.74, 6) is 0.648. The van der Waals surface area contributed by atoms with E-state index in [1.807, 2.05) is 11.6 Å². The highest BCUT2D eigenvalue weighted by molar-refractivity contribution is 5.66. The fourth-order valence-corrected chi connectivity index (χ4v) is 2.58. The summed E-state index contributed by atoms with van der Waals surface area (Å²) in [5, 5.41) is 4.56. The zero-order valence-electron chi connectivity index (χ0n) is 11.9. The topological polar surface area (TPSA) is 39.9 Å². The Morgan fingerprint density at radius 2 is 2.25 bits per heavy atom. The molecule has 0 amide bonds. The quantitative estimate of drug-likeness (QED) is 0.843. The van der Waals surface area contributed by atoms with Crippen molar-refractivity contribution in [2.45, 2.75) is 45.8 Å². The number of ether oxygens (including phenoxy) is 1. The first-order chi connectivity index (χ1) is 9.58. The van der Waals surface area contributed by atoms with Crippen LogP contribution in [-0.4, -0.2) is 20.9 Å². The third-order valence-electron chi connectivity index (χ3n) is 3.61. The van der Waals surface area contributed by atoms with Crippen LogP contribution in [0.4, 0.5) is 4.39 Å². The summed E-state index contributed by atoms with van der Waals surface area (Å²) < 4.78 is 21.8. The Bertz CT molecular complexity index is 636. The summed E-state index contributed by atoms with van der Waals surface area (Å²) in [6.45, 7) is 7.00. The highest BCUT2D eigenvalue weighted by atomic mass is 19.1. The molecule has 2 aromatic rings. The van der Waals surface area contributed by atoms with E-state index in [2.05, 4.69) is 23.9 Å². The minimum atomic E-state index is -0.349. The maximum atomic E-state index is 14.0. The molecule has 1 aliphatic heterocycles. The van der Waals surface area contributed by atoms with E-state index in [-0.39, 0.29) is 17.8 Å². The average Bonchev–Trinajstić information content (AvgIpc) is 2.77. The number of aryl methyl sites for hydroxylation is 1. The molecule has 3 rings (SSSR count). The van der Waals surface area contributed by atoms with Crippen molar-refractivity contribution in [2.24, 2.45) is 0 Å². The molecule has 1 aliphatic rings. The summed E-state index contributed by atoms with van der Waals surface area (Å²) in [6, 6.07) is 1.67. The number of hydrogen-bond donors (Lipinski definition) is 0. The molecule has 4 nitrogen and oxygen atoms in total. The van der Waals surface area contributed by atoms with E-state index in [9.17, 15) is 4.39 Å². The van der Waals surface area contributed by atoms with Crippen molar-refractivity contribution < 1.29 is 9.13 Å². The van der Waals surface area contributed by atoms with Crippen molar-refractivity contribution in [1.29, 1.82) is 0 Å². The predicted molar refractivity (Wildman–Crippen MR) is 74.2 cm³/mol. The number of halogens is 1. The van der Waals surface area contributed by atoms with Crippen molar-refractivity contribution in [3.05, 3.63) is 29.8 Å². The van der Waals surface area contributed by atoms with Crippen LogP contribution in [0.3, 0.4) is 0 Å². The van der Waals surface area contributed by atoms with Gasteiger partial charge in [0.05, 0.1) is 12.3 Å². The maximum absolute atomic E-state index is 14.0. The molecule has 0 bridgehead atoms. The third-order valence-corrected chi connectivity index (χ3v) is 3.61. The van der Waals surface area contributed by atoms with Crippen molar-refractivity contribution in [2.75, 3.05) is 0 Å². The third kappa shape index (κ3) is 2.07. The van der Waals surface area contributed by atoms with Gasteiger partial charge in [-0.05, 0) is 18.9 Å². The van der Waals surface area contributed by atoms with Gasteiger partial charge < -0.3 is 4.74 Å². The Morgan fingerprint density at radius 1 is 1.45 bits per heavy atom. The summed E-state index contributed by atoms with van der Waals surface area (Å²) >= 11 is 0. The molecule has 20 heavy (non-hydrogen) atoms. The number of nitrogens with zero attached hydrogens (tertiary/aromatic N) is 3. The van der Waals surface area contributed by atoms with Gasteiger partial charge in [-0.2, -0.15) is 5.10 Å². The van der Waals surface area contributed by atoms with Crippen LogP contribution < -0.4 is 4.74 Å². The van der Waals surface area contributed by atoms with E-state index < -0.39 is 0 Å². The SMILES string of the molecule is CC(C)c1c(-c2ccncc2F)nn2c1O[C@H](C)CC2. The van der Waals surface area contributed by atoms with E-state index in [4.69, 9.17) is 4.74 Å². The van der Waals surface area contributed by atoms with Crippen LogP contribution in [0.1, 0.15) is 38.7 Å². The standard InChI is InChI=1S/C15H18FN3O/c1-9(2)13-14(11-4-6-17-8-12(11)16)18-19-7-5-10(3)20-15(13)19/h4,6,8-10H,5,7H2,1-3H3/t10-/m1/s1. The van der Waals surface area contributed by atoms with Gasteiger partial charge >= 0.3 is 0 Å². The minimum absolute atomic E-state index is 0.173. The molecule has 0 saturated carbocycles. The van der Waals surface area contributed by atoms with Crippen molar-refractivity contribution in [3.63, 3.8) is 0 Å². The van der Waals surface area contributed by atoms with E-state index in [1.54, 1.807) is 12.3 Å². The molecule has 0 N–H and O–H groups in total. The second kappa shape index (κ2) is 4.89. The molecule has 0 saturated heterocycles. The number of aromatic nitrogens is 3. The predicted octanol–water partition coefficient (Wildman–Crippen LogP) is 3.38. The molecule has 0 spiro atoms. The van der Waals surface area contributed by atoms with Crippen LogP contribution in [0, 0.1) is 5.82 Å². The highest BCUT2D eigenvalue weighted by Crippen LogP contribution is 2.39. The van der Waals surface area contributed by atoms with Gasteiger partial charge in [0.25, 0.3) is 0 Å². The van der Waals surface area contributed by atoms with Crippen molar-refractivity contribution >= 4 is 0 Å². The van der Waals surface area contributed by atoms with Gasteiger partial charge in [0.2, 0.25) is 5.88 Å². The van der Waals surface area contributed by atoms with Gasteiger partial charge in [0, 0.05) is 30.3 Å². The average molecular weight is 275 g/mol. The van der Waals surface area contributed by atoms with Crippen LogP contribution in [-0.2, 0) is 6.54 Å². The molecule has 0 fully saturated rings. The van der Waals surface area contributed by atoms with E-state index >= 15 is 0 Å². The van der Waals surface area contributed by atoms with Crippen LogP contribution in [0.15, 0.2) is 18.5 Å². The molecule has 1 atom stereocenters. The molecule has 0 unspecified atom stereocenters. The summed E-state index contributed by atoms with van der Waals surface area (Å²) in [7, 11) is 0. The minimum Gasteiger partial charge on any atom is -0.475 e. The normalized spacial score (nSPS) is 17.9. The van der Waals surface area contributed by atoms with Crippen LogP contribution in [0.5, 0.6) is 5.88 Å². The maximum Gasteiger partial charge on any atom is 0.216 e. The van der Waals surface area contributed by atoms with Crippen LogP contribution in [0.25, 0.3) is 11.3 Å². The molecular formula is C15H18FN3O.